The summed E-state index contributed by atoms with van der Waals surface area (Å²) in [4.78, 5) is 0. The zero-order valence-corrected chi connectivity index (χ0v) is 11.3. The standard InChI is InChI=1S/C11H10Cl3N3/c1-6-7(5-16-17-6)4-15-11-3-9(13)8(12)2-10(11)14/h2-3,5,15H,4H2,1H3,(H,16,17). The van der Waals surface area contributed by atoms with Gasteiger partial charge in [0.05, 0.1) is 27.0 Å². The molecule has 0 amide bonds. The molecule has 2 N–H and O–H groups in total. The number of benzene rings is 1. The van der Waals surface area contributed by atoms with Crippen LogP contribution < -0.4 is 5.32 Å². The van der Waals surface area contributed by atoms with Crippen molar-refractivity contribution in [3.63, 3.8) is 0 Å². The number of hydrogen-bond acceptors (Lipinski definition) is 2. The molecule has 90 valence electrons. The third-order valence-corrected chi connectivity index (χ3v) is 3.45. The van der Waals surface area contributed by atoms with Crippen molar-refractivity contribution < 1.29 is 0 Å². The smallest absolute Gasteiger partial charge is 0.0653 e. The highest BCUT2D eigenvalue weighted by Crippen LogP contribution is 2.32. The van der Waals surface area contributed by atoms with Crippen molar-refractivity contribution in [1.82, 2.24) is 10.2 Å². The summed E-state index contributed by atoms with van der Waals surface area (Å²) in [7, 11) is 0. The van der Waals surface area contributed by atoms with Crippen LogP contribution in [0.3, 0.4) is 0 Å². The average molecular weight is 291 g/mol. The Morgan fingerprint density at radius 2 is 1.88 bits per heavy atom. The Kier molecular flexibility index (Phi) is 3.82. The van der Waals surface area contributed by atoms with Crippen molar-refractivity contribution in [3.05, 3.63) is 44.7 Å². The van der Waals surface area contributed by atoms with Crippen LogP contribution in [0.5, 0.6) is 0 Å². The molecule has 0 aliphatic carbocycles. The van der Waals surface area contributed by atoms with Crippen molar-refractivity contribution in [2.24, 2.45) is 0 Å². The van der Waals surface area contributed by atoms with E-state index in [-0.39, 0.29) is 0 Å². The van der Waals surface area contributed by atoms with E-state index in [1.54, 1.807) is 18.3 Å². The molecule has 0 saturated heterocycles. The molecule has 0 saturated carbocycles. The lowest BCUT2D eigenvalue weighted by Crippen LogP contribution is -2.00. The van der Waals surface area contributed by atoms with Crippen LogP contribution >= 0.6 is 34.8 Å². The number of nitrogens with zero attached hydrogens (tertiary/aromatic N) is 1. The maximum atomic E-state index is 6.05. The molecule has 2 aromatic rings. The fourth-order valence-corrected chi connectivity index (χ4v) is 2.02. The molecule has 0 aliphatic rings. The fourth-order valence-electron chi connectivity index (χ4n) is 1.40. The number of aromatic nitrogens is 2. The first-order valence-corrected chi connectivity index (χ1v) is 6.08. The number of anilines is 1. The maximum absolute atomic E-state index is 6.05. The van der Waals surface area contributed by atoms with Gasteiger partial charge in [0.1, 0.15) is 0 Å². The van der Waals surface area contributed by atoms with Gasteiger partial charge in [-0.15, -0.1) is 0 Å². The molecule has 0 aliphatic heterocycles. The predicted octanol–water partition coefficient (Wildman–Crippen LogP) is 4.29. The molecule has 0 radical (unpaired) electrons. The molecule has 1 aromatic carbocycles. The van der Waals surface area contributed by atoms with Crippen molar-refractivity contribution in [2.75, 3.05) is 5.32 Å². The van der Waals surface area contributed by atoms with Gasteiger partial charge < -0.3 is 5.32 Å². The molecule has 1 aromatic heterocycles. The van der Waals surface area contributed by atoms with E-state index in [0.717, 1.165) is 16.9 Å². The summed E-state index contributed by atoms with van der Waals surface area (Å²) in [5, 5.41) is 11.5. The largest absolute Gasteiger partial charge is 0.380 e. The molecule has 0 bridgehead atoms. The van der Waals surface area contributed by atoms with E-state index in [9.17, 15) is 0 Å². The number of aromatic amines is 1. The molecule has 2 rings (SSSR count). The van der Waals surface area contributed by atoms with Gasteiger partial charge in [-0.3, -0.25) is 5.10 Å². The molecule has 1 heterocycles. The van der Waals surface area contributed by atoms with Crippen LogP contribution in [-0.4, -0.2) is 10.2 Å². The van der Waals surface area contributed by atoms with E-state index in [0.29, 0.717) is 21.6 Å². The monoisotopic (exact) mass is 289 g/mol. The van der Waals surface area contributed by atoms with Crippen molar-refractivity contribution in [2.45, 2.75) is 13.5 Å². The molecule has 6 heteroatoms. The Balaban J connectivity index is 2.14. The van der Waals surface area contributed by atoms with Gasteiger partial charge >= 0.3 is 0 Å². The van der Waals surface area contributed by atoms with Crippen molar-refractivity contribution in [1.29, 1.82) is 0 Å². The summed E-state index contributed by atoms with van der Waals surface area (Å²) in [6.45, 7) is 2.58. The SMILES string of the molecule is Cc1[nH]ncc1CNc1cc(Cl)c(Cl)cc1Cl. The quantitative estimate of drug-likeness (QED) is 0.828. The average Bonchev–Trinajstić information content (AvgIpc) is 2.68. The van der Waals surface area contributed by atoms with Crippen LogP contribution in [0.2, 0.25) is 15.1 Å². The topological polar surface area (TPSA) is 40.7 Å². The highest BCUT2D eigenvalue weighted by Gasteiger charge is 2.06. The molecule has 3 nitrogen and oxygen atoms in total. The summed E-state index contributed by atoms with van der Waals surface area (Å²) < 4.78 is 0. The van der Waals surface area contributed by atoms with Crippen LogP contribution in [0.4, 0.5) is 5.69 Å². The fraction of sp³-hybridized carbons (Fsp3) is 0.182. The highest BCUT2D eigenvalue weighted by atomic mass is 35.5. The van der Waals surface area contributed by atoms with E-state index in [1.807, 2.05) is 6.92 Å². The Labute approximate surface area is 114 Å². The lowest BCUT2D eigenvalue weighted by atomic mass is 10.2. The summed E-state index contributed by atoms with van der Waals surface area (Å²) in [5.74, 6) is 0. The van der Waals surface area contributed by atoms with Gasteiger partial charge in [0.2, 0.25) is 0 Å². The van der Waals surface area contributed by atoms with E-state index in [2.05, 4.69) is 15.5 Å². The van der Waals surface area contributed by atoms with Gasteiger partial charge in [0.25, 0.3) is 0 Å². The lowest BCUT2D eigenvalue weighted by Gasteiger charge is -2.09. The second-order valence-electron chi connectivity index (χ2n) is 3.62. The molecular weight excluding hydrogens is 281 g/mol. The van der Waals surface area contributed by atoms with Crippen LogP contribution in [0.1, 0.15) is 11.3 Å². The first-order valence-electron chi connectivity index (χ1n) is 4.95. The summed E-state index contributed by atoms with van der Waals surface area (Å²) in [5.41, 5.74) is 2.85. The zero-order valence-electron chi connectivity index (χ0n) is 9.02. The number of hydrogen-bond donors (Lipinski definition) is 2. The number of nitrogens with one attached hydrogen (secondary N) is 2. The van der Waals surface area contributed by atoms with Crippen LogP contribution in [0.15, 0.2) is 18.3 Å². The lowest BCUT2D eigenvalue weighted by molar-refractivity contribution is 1.04. The number of rotatable bonds is 3. The van der Waals surface area contributed by atoms with Gasteiger partial charge in [-0.2, -0.15) is 5.10 Å². The predicted molar refractivity (Wildman–Crippen MR) is 72.1 cm³/mol. The van der Waals surface area contributed by atoms with E-state index >= 15 is 0 Å². The van der Waals surface area contributed by atoms with Gasteiger partial charge in [-0.05, 0) is 19.1 Å². The number of aryl methyl sites for hydroxylation is 1. The van der Waals surface area contributed by atoms with E-state index in [1.165, 1.54) is 0 Å². The van der Waals surface area contributed by atoms with E-state index in [4.69, 9.17) is 34.8 Å². The van der Waals surface area contributed by atoms with Gasteiger partial charge in [0.15, 0.2) is 0 Å². The molecule has 0 fully saturated rings. The summed E-state index contributed by atoms with van der Waals surface area (Å²) in [6.07, 6.45) is 1.77. The third kappa shape index (κ3) is 2.86. The minimum absolute atomic E-state index is 0.446. The van der Waals surface area contributed by atoms with Gasteiger partial charge in [-0.25, -0.2) is 0 Å². The molecule has 0 unspecified atom stereocenters. The molecule has 0 atom stereocenters. The van der Waals surface area contributed by atoms with Crippen LogP contribution in [0.25, 0.3) is 0 Å². The van der Waals surface area contributed by atoms with Crippen molar-refractivity contribution >= 4 is 40.5 Å². The summed E-state index contributed by atoms with van der Waals surface area (Å²) >= 11 is 17.8. The molecule has 17 heavy (non-hydrogen) atoms. The highest BCUT2D eigenvalue weighted by molar-refractivity contribution is 6.44. The number of halogens is 3. The Hall–Kier alpha value is -0.900. The van der Waals surface area contributed by atoms with Crippen LogP contribution in [-0.2, 0) is 6.54 Å². The zero-order chi connectivity index (χ0) is 12.4. The van der Waals surface area contributed by atoms with Gasteiger partial charge in [-0.1, -0.05) is 34.8 Å². The Morgan fingerprint density at radius 3 is 2.53 bits per heavy atom. The minimum atomic E-state index is 0.446. The second-order valence-corrected chi connectivity index (χ2v) is 4.84. The first-order chi connectivity index (χ1) is 8.08. The Morgan fingerprint density at radius 1 is 1.18 bits per heavy atom. The second kappa shape index (κ2) is 5.17. The van der Waals surface area contributed by atoms with E-state index < -0.39 is 0 Å². The van der Waals surface area contributed by atoms with Crippen LogP contribution in [0, 0.1) is 6.92 Å². The number of H-pyrrole nitrogens is 1. The molecule has 0 spiro atoms. The van der Waals surface area contributed by atoms with Gasteiger partial charge in [0, 0.05) is 17.8 Å². The first kappa shape index (κ1) is 12.6. The maximum Gasteiger partial charge on any atom is 0.0653 e. The molecular formula is C11H10Cl3N3. The normalized spacial score (nSPS) is 10.6. The Bertz CT molecular complexity index is 537. The van der Waals surface area contributed by atoms with Crippen molar-refractivity contribution in [3.8, 4) is 0 Å². The third-order valence-electron chi connectivity index (χ3n) is 2.41. The summed E-state index contributed by atoms with van der Waals surface area (Å²) in [6, 6.07) is 3.33. The minimum Gasteiger partial charge on any atom is -0.380 e.